The molecule has 3 heteroatoms. The van der Waals surface area contributed by atoms with Crippen molar-refractivity contribution in [1.29, 1.82) is 0 Å². The fraction of sp³-hybridized carbons (Fsp3) is 0.455. The van der Waals surface area contributed by atoms with Crippen LogP contribution in [0, 0.1) is 0 Å². The Morgan fingerprint density at radius 3 is 3.14 bits per heavy atom. The van der Waals surface area contributed by atoms with Gasteiger partial charge in [-0.1, -0.05) is 6.07 Å². The molecule has 3 nitrogen and oxygen atoms in total. The Hall–Kier alpha value is -1.06. The first-order valence-electron chi connectivity index (χ1n) is 4.93. The number of fused-ring (bicyclic) bond motifs is 1. The second-order valence-corrected chi connectivity index (χ2v) is 3.58. The van der Waals surface area contributed by atoms with Gasteiger partial charge in [0.25, 0.3) is 0 Å². The maximum atomic E-state index is 8.62. The van der Waals surface area contributed by atoms with Crippen LogP contribution in [0.5, 0.6) is 5.75 Å². The summed E-state index contributed by atoms with van der Waals surface area (Å²) >= 11 is 0. The molecule has 0 fully saturated rings. The van der Waals surface area contributed by atoms with E-state index in [1.165, 1.54) is 11.1 Å². The molecule has 14 heavy (non-hydrogen) atoms. The fourth-order valence-electron chi connectivity index (χ4n) is 1.87. The number of ether oxygens (including phenoxy) is 1. The lowest BCUT2D eigenvalue weighted by Crippen LogP contribution is -2.06. The molecule has 1 aromatic rings. The number of hydrogen-bond acceptors (Lipinski definition) is 3. The highest BCUT2D eigenvalue weighted by molar-refractivity contribution is 5.40. The standard InChI is InChI=1S/C11H15NO2/c12-11-4-2-8-1-3-9(7-10(8)11)14-6-5-13/h1,3,7,11,13H,2,4-6,12H2/t11-/m0/s1. The number of aliphatic hydroxyl groups is 1. The zero-order valence-electron chi connectivity index (χ0n) is 8.07. The fourth-order valence-corrected chi connectivity index (χ4v) is 1.87. The van der Waals surface area contributed by atoms with E-state index in [0.29, 0.717) is 6.61 Å². The molecule has 0 spiro atoms. The van der Waals surface area contributed by atoms with Gasteiger partial charge in [-0.2, -0.15) is 0 Å². The van der Waals surface area contributed by atoms with Crippen molar-refractivity contribution in [2.75, 3.05) is 13.2 Å². The van der Waals surface area contributed by atoms with Crippen LogP contribution in [0.15, 0.2) is 18.2 Å². The summed E-state index contributed by atoms with van der Waals surface area (Å²) in [5.41, 5.74) is 8.46. The first kappa shape index (κ1) is 9.49. The average molecular weight is 193 g/mol. The third kappa shape index (κ3) is 1.74. The number of aliphatic hydroxyl groups excluding tert-OH is 1. The summed E-state index contributed by atoms with van der Waals surface area (Å²) < 4.78 is 5.32. The van der Waals surface area contributed by atoms with Crippen LogP contribution in [0.3, 0.4) is 0 Å². The molecule has 76 valence electrons. The number of hydrogen-bond donors (Lipinski definition) is 2. The number of rotatable bonds is 3. The molecule has 3 N–H and O–H groups in total. The van der Waals surface area contributed by atoms with Gasteiger partial charge in [-0.25, -0.2) is 0 Å². The van der Waals surface area contributed by atoms with Gasteiger partial charge in [0.15, 0.2) is 0 Å². The summed E-state index contributed by atoms with van der Waals surface area (Å²) in [5, 5.41) is 8.62. The molecule has 1 aliphatic rings. The molecule has 1 aromatic carbocycles. The molecule has 2 rings (SSSR count). The van der Waals surface area contributed by atoms with E-state index >= 15 is 0 Å². The third-order valence-corrected chi connectivity index (χ3v) is 2.60. The van der Waals surface area contributed by atoms with Crippen LogP contribution in [0.1, 0.15) is 23.6 Å². The van der Waals surface area contributed by atoms with Crippen molar-refractivity contribution < 1.29 is 9.84 Å². The molecule has 0 aromatic heterocycles. The van der Waals surface area contributed by atoms with Crippen LogP contribution in [0.4, 0.5) is 0 Å². The van der Waals surface area contributed by atoms with Gasteiger partial charge in [0.1, 0.15) is 12.4 Å². The highest BCUT2D eigenvalue weighted by Gasteiger charge is 2.18. The average Bonchev–Trinajstić information content (AvgIpc) is 2.57. The van der Waals surface area contributed by atoms with Crippen molar-refractivity contribution in [2.24, 2.45) is 5.73 Å². The third-order valence-electron chi connectivity index (χ3n) is 2.60. The lowest BCUT2D eigenvalue weighted by molar-refractivity contribution is 0.201. The topological polar surface area (TPSA) is 55.5 Å². The zero-order valence-corrected chi connectivity index (χ0v) is 8.07. The molecular weight excluding hydrogens is 178 g/mol. The summed E-state index contributed by atoms with van der Waals surface area (Å²) in [6.45, 7) is 0.386. The molecule has 0 unspecified atom stereocenters. The highest BCUT2D eigenvalue weighted by Crippen LogP contribution is 2.31. The summed E-state index contributed by atoms with van der Waals surface area (Å²) in [4.78, 5) is 0. The van der Waals surface area contributed by atoms with E-state index in [-0.39, 0.29) is 12.6 Å². The summed E-state index contributed by atoms with van der Waals surface area (Å²) in [5.74, 6) is 0.801. The maximum Gasteiger partial charge on any atom is 0.119 e. The van der Waals surface area contributed by atoms with Gasteiger partial charge in [0.2, 0.25) is 0 Å². The van der Waals surface area contributed by atoms with E-state index in [0.717, 1.165) is 18.6 Å². The van der Waals surface area contributed by atoms with E-state index in [9.17, 15) is 0 Å². The van der Waals surface area contributed by atoms with Crippen LogP contribution in [-0.2, 0) is 6.42 Å². The van der Waals surface area contributed by atoms with Gasteiger partial charge in [-0.3, -0.25) is 0 Å². The summed E-state index contributed by atoms with van der Waals surface area (Å²) in [6, 6.07) is 6.15. The predicted molar refractivity (Wildman–Crippen MR) is 54.3 cm³/mol. The van der Waals surface area contributed by atoms with Gasteiger partial charge in [-0.05, 0) is 36.1 Å². The first-order chi connectivity index (χ1) is 6.81. The summed E-state index contributed by atoms with van der Waals surface area (Å²) in [7, 11) is 0. The van der Waals surface area contributed by atoms with Gasteiger partial charge in [0, 0.05) is 6.04 Å². The number of benzene rings is 1. The Morgan fingerprint density at radius 1 is 1.50 bits per heavy atom. The quantitative estimate of drug-likeness (QED) is 0.753. The minimum atomic E-state index is 0.0448. The van der Waals surface area contributed by atoms with Crippen molar-refractivity contribution >= 4 is 0 Å². The Balaban J connectivity index is 2.17. The molecule has 1 atom stereocenters. The lowest BCUT2D eigenvalue weighted by atomic mass is 10.1. The molecule has 0 bridgehead atoms. The van der Waals surface area contributed by atoms with Crippen molar-refractivity contribution in [3.8, 4) is 5.75 Å². The Labute approximate surface area is 83.5 Å². The van der Waals surface area contributed by atoms with Crippen molar-refractivity contribution in [1.82, 2.24) is 0 Å². The Kier molecular flexibility index (Phi) is 2.70. The highest BCUT2D eigenvalue weighted by atomic mass is 16.5. The molecular formula is C11H15NO2. The van der Waals surface area contributed by atoms with Gasteiger partial charge in [-0.15, -0.1) is 0 Å². The second-order valence-electron chi connectivity index (χ2n) is 3.58. The van der Waals surface area contributed by atoms with E-state index in [1.54, 1.807) is 0 Å². The van der Waals surface area contributed by atoms with E-state index in [1.807, 2.05) is 12.1 Å². The van der Waals surface area contributed by atoms with E-state index < -0.39 is 0 Å². The molecule has 0 radical (unpaired) electrons. The van der Waals surface area contributed by atoms with Crippen LogP contribution >= 0.6 is 0 Å². The Bertz CT molecular complexity index is 325. The molecule has 0 aliphatic heterocycles. The van der Waals surface area contributed by atoms with Gasteiger partial charge < -0.3 is 15.6 Å². The first-order valence-corrected chi connectivity index (χ1v) is 4.93. The van der Waals surface area contributed by atoms with Crippen LogP contribution in [0.25, 0.3) is 0 Å². The van der Waals surface area contributed by atoms with Crippen molar-refractivity contribution in [2.45, 2.75) is 18.9 Å². The Morgan fingerprint density at radius 2 is 2.36 bits per heavy atom. The van der Waals surface area contributed by atoms with Crippen LogP contribution in [0.2, 0.25) is 0 Å². The SMILES string of the molecule is N[C@H]1CCc2ccc(OCCO)cc21. The number of nitrogens with two attached hydrogens (primary N) is 1. The van der Waals surface area contributed by atoms with E-state index in [2.05, 4.69) is 6.07 Å². The molecule has 0 saturated heterocycles. The molecule has 0 amide bonds. The monoisotopic (exact) mass is 193 g/mol. The predicted octanol–water partition coefficient (Wildman–Crippen LogP) is 1.00. The molecule has 0 heterocycles. The van der Waals surface area contributed by atoms with Crippen molar-refractivity contribution in [3.63, 3.8) is 0 Å². The normalized spacial score (nSPS) is 19.4. The summed E-state index contributed by atoms with van der Waals surface area (Å²) in [6.07, 6.45) is 2.09. The molecule has 0 saturated carbocycles. The maximum absolute atomic E-state index is 8.62. The number of aryl methyl sites for hydroxylation is 1. The largest absolute Gasteiger partial charge is 0.491 e. The smallest absolute Gasteiger partial charge is 0.119 e. The van der Waals surface area contributed by atoms with E-state index in [4.69, 9.17) is 15.6 Å². The minimum absolute atomic E-state index is 0.0448. The van der Waals surface area contributed by atoms with Crippen LogP contribution in [-0.4, -0.2) is 18.3 Å². The minimum Gasteiger partial charge on any atom is -0.491 e. The van der Waals surface area contributed by atoms with Crippen LogP contribution < -0.4 is 10.5 Å². The van der Waals surface area contributed by atoms with Gasteiger partial charge >= 0.3 is 0 Å². The second kappa shape index (κ2) is 3.98. The van der Waals surface area contributed by atoms with Crippen molar-refractivity contribution in [3.05, 3.63) is 29.3 Å². The van der Waals surface area contributed by atoms with Gasteiger partial charge in [0.05, 0.1) is 6.61 Å². The lowest BCUT2D eigenvalue weighted by Gasteiger charge is -2.08. The molecule has 1 aliphatic carbocycles. The zero-order chi connectivity index (χ0) is 9.97.